The summed E-state index contributed by atoms with van der Waals surface area (Å²) in [6, 6.07) is 7.95. The summed E-state index contributed by atoms with van der Waals surface area (Å²) in [5.41, 5.74) is 2.06. The van der Waals surface area contributed by atoms with E-state index in [0.29, 0.717) is 0 Å². The van der Waals surface area contributed by atoms with E-state index in [2.05, 4.69) is 23.9 Å². The number of benzene rings is 1. The van der Waals surface area contributed by atoms with Crippen LogP contribution in [0.5, 0.6) is 0 Å². The molecule has 0 saturated carbocycles. The molecule has 0 aliphatic rings. The van der Waals surface area contributed by atoms with Crippen LogP contribution in [0.4, 0.5) is 0 Å². The van der Waals surface area contributed by atoms with Crippen molar-refractivity contribution in [1.82, 2.24) is 19.7 Å². The van der Waals surface area contributed by atoms with E-state index >= 15 is 0 Å². The quantitative estimate of drug-likeness (QED) is 0.820. The number of aryl methyl sites for hydroxylation is 1. The third-order valence-electron chi connectivity index (χ3n) is 3.22. The molecule has 5 heteroatoms. The fraction of sp³-hybridized carbons (Fsp3) is 0.438. The van der Waals surface area contributed by atoms with Crippen molar-refractivity contribution in [3.05, 3.63) is 42.0 Å². The first-order chi connectivity index (χ1) is 10.2. The van der Waals surface area contributed by atoms with E-state index in [1.807, 2.05) is 36.1 Å². The third kappa shape index (κ3) is 3.68. The molecule has 0 bridgehead atoms. The Kier molecular flexibility index (Phi) is 5.09. The van der Waals surface area contributed by atoms with Crippen molar-refractivity contribution in [2.75, 3.05) is 13.1 Å². The predicted molar refractivity (Wildman–Crippen MR) is 82.6 cm³/mol. The smallest absolute Gasteiger partial charge is 0.293 e. The van der Waals surface area contributed by atoms with E-state index in [1.165, 1.54) is 0 Å². The zero-order chi connectivity index (χ0) is 15.2. The van der Waals surface area contributed by atoms with Crippen molar-refractivity contribution in [2.45, 2.75) is 33.6 Å². The molecule has 21 heavy (non-hydrogen) atoms. The van der Waals surface area contributed by atoms with Crippen LogP contribution >= 0.6 is 0 Å². The van der Waals surface area contributed by atoms with Gasteiger partial charge < -0.3 is 4.90 Å². The Bertz CT molecular complexity index is 600. The normalized spacial score (nSPS) is 10.6. The third-order valence-corrected chi connectivity index (χ3v) is 3.22. The maximum atomic E-state index is 12.4. The molecule has 5 nitrogen and oxygen atoms in total. The van der Waals surface area contributed by atoms with E-state index in [1.54, 1.807) is 11.0 Å². The molecular formula is C16H22N4O. The molecule has 0 atom stereocenters. The van der Waals surface area contributed by atoms with E-state index < -0.39 is 0 Å². The van der Waals surface area contributed by atoms with Gasteiger partial charge in [-0.05, 0) is 37.5 Å². The summed E-state index contributed by atoms with van der Waals surface area (Å²) in [6.07, 6.45) is 3.47. The highest BCUT2D eigenvalue weighted by molar-refractivity contribution is 5.90. The summed E-state index contributed by atoms with van der Waals surface area (Å²) in [5, 5.41) is 4.32. The number of hydrogen-bond donors (Lipinski definition) is 0. The zero-order valence-corrected chi connectivity index (χ0v) is 12.9. The Morgan fingerprint density at radius 2 is 1.95 bits per heavy atom. The monoisotopic (exact) mass is 286 g/mol. The van der Waals surface area contributed by atoms with Crippen molar-refractivity contribution in [3.8, 4) is 5.69 Å². The van der Waals surface area contributed by atoms with E-state index in [0.717, 1.165) is 37.2 Å². The molecule has 0 aliphatic heterocycles. The lowest BCUT2D eigenvalue weighted by Gasteiger charge is -2.19. The Hall–Kier alpha value is -2.17. The Balaban J connectivity index is 2.20. The fourth-order valence-electron chi connectivity index (χ4n) is 2.25. The highest BCUT2D eigenvalue weighted by Crippen LogP contribution is 2.09. The Labute approximate surface area is 125 Å². The van der Waals surface area contributed by atoms with Gasteiger partial charge in [0.25, 0.3) is 5.91 Å². The molecule has 0 N–H and O–H groups in total. The number of carbonyl (C=O) groups excluding carboxylic acids is 1. The maximum absolute atomic E-state index is 12.4. The van der Waals surface area contributed by atoms with Gasteiger partial charge in [0.1, 0.15) is 6.33 Å². The lowest BCUT2D eigenvalue weighted by atomic mass is 10.2. The largest absolute Gasteiger partial charge is 0.336 e. The number of nitrogens with zero attached hydrogens (tertiary/aromatic N) is 4. The van der Waals surface area contributed by atoms with Gasteiger partial charge in [0.05, 0.1) is 5.69 Å². The van der Waals surface area contributed by atoms with Crippen LogP contribution < -0.4 is 0 Å². The molecule has 1 amide bonds. The van der Waals surface area contributed by atoms with Crippen LogP contribution in [0.2, 0.25) is 0 Å². The summed E-state index contributed by atoms with van der Waals surface area (Å²) >= 11 is 0. The first-order valence-electron chi connectivity index (χ1n) is 7.43. The summed E-state index contributed by atoms with van der Waals surface area (Å²) < 4.78 is 1.65. The van der Waals surface area contributed by atoms with Gasteiger partial charge in [0.2, 0.25) is 5.82 Å². The molecule has 1 aromatic heterocycles. The lowest BCUT2D eigenvalue weighted by Crippen LogP contribution is -2.33. The van der Waals surface area contributed by atoms with Gasteiger partial charge in [-0.2, -0.15) is 0 Å². The second kappa shape index (κ2) is 7.02. The highest BCUT2D eigenvalue weighted by atomic mass is 16.2. The van der Waals surface area contributed by atoms with Gasteiger partial charge in [-0.1, -0.05) is 26.0 Å². The minimum Gasteiger partial charge on any atom is -0.336 e. The Morgan fingerprint density at radius 3 is 2.57 bits per heavy atom. The molecular weight excluding hydrogens is 264 g/mol. The molecule has 0 fully saturated rings. The minimum atomic E-state index is -0.0925. The molecule has 112 valence electrons. The van der Waals surface area contributed by atoms with Crippen molar-refractivity contribution < 1.29 is 4.79 Å². The molecule has 2 aromatic rings. The predicted octanol–water partition coefficient (Wildman–Crippen LogP) is 2.84. The Morgan fingerprint density at radius 1 is 1.24 bits per heavy atom. The number of rotatable bonds is 6. The zero-order valence-electron chi connectivity index (χ0n) is 12.9. The fourth-order valence-corrected chi connectivity index (χ4v) is 2.25. The maximum Gasteiger partial charge on any atom is 0.293 e. The van der Waals surface area contributed by atoms with Crippen LogP contribution in [-0.4, -0.2) is 38.7 Å². The number of hydrogen-bond acceptors (Lipinski definition) is 3. The van der Waals surface area contributed by atoms with Crippen LogP contribution in [0.15, 0.2) is 30.6 Å². The molecule has 1 aromatic carbocycles. The molecule has 0 saturated heterocycles. The van der Waals surface area contributed by atoms with Gasteiger partial charge in [0, 0.05) is 13.1 Å². The van der Waals surface area contributed by atoms with Crippen LogP contribution in [-0.2, 0) is 0 Å². The first-order valence-corrected chi connectivity index (χ1v) is 7.43. The highest BCUT2D eigenvalue weighted by Gasteiger charge is 2.18. The molecule has 0 spiro atoms. The lowest BCUT2D eigenvalue weighted by molar-refractivity contribution is 0.0743. The second-order valence-corrected chi connectivity index (χ2v) is 5.14. The number of carbonyl (C=O) groups is 1. The van der Waals surface area contributed by atoms with Crippen LogP contribution in [0.3, 0.4) is 0 Å². The van der Waals surface area contributed by atoms with Crippen molar-refractivity contribution >= 4 is 5.91 Å². The average Bonchev–Trinajstić information content (AvgIpc) is 2.96. The minimum absolute atomic E-state index is 0.0925. The van der Waals surface area contributed by atoms with Crippen molar-refractivity contribution in [3.63, 3.8) is 0 Å². The molecule has 0 radical (unpaired) electrons. The summed E-state index contributed by atoms with van der Waals surface area (Å²) in [6.45, 7) is 7.64. The SMILES string of the molecule is CCCN(CCC)C(=O)c1ncn(-c2cccc(C)c2)n1. The van der Waals surface area contributed by atoms with Gasteiger partial charge in [0.15, 0.2) is 0 Å². The number of amides is 1. The molecule has 0 aliphatic carbocycles. The van der Waals surface area contributed by atoms with Gasteiger partial charge in [-0.3, -0.25) is 4.79 Å². The van der Waals surface area contributed by atoms with Crippen LogP contribution in [0, 0.1) is 6.92 Å². The molecule has 1 heterocycles. The van der Waals surface area contributed by atoms with Crippen molar-refractivity contribution in [1.29, 1.82) is 0 Å². The van der Waals surface area contributed by atoms with Crippen LogP contribution in [0.25, 0.3) is 5.69 Å². The average molecular weight is 286 g/mol. The molecule has 2 rings (SSSR count). The number of aromatic nitrogens is 3. The van der Waals surface area contributed by atoms with Crippen molar-refractivity contribution in [2.24, 2.45) is 0 Å². The van der Waals surface area contributed by atoms with Gasteiger partial charge >= 0.3 is 0 Å². The van der Waals surface area contributed by atoms with Crippen LogP contribution in [0.1, 0.15) is 42.9 Å². The first kappa shape index (κ1) is 15.2. The summed E-state index contributed by atoms with van der Waals surface area (Å²) in [4.78, 5) is 18.4. The topological polar surface area (TPSA) is 51.0 Å². The summed E-state index contributed by atoms with van der Waals surface area (Å²) in [7, 11) is 0. The molecule has 0 unspecified atom stereocenters. The second-order valence-electron chi connectivity index (χ2n) is 5.14. The van der Waals surface area contributed by atoms with E-state index in [9.17, 15) is 4.79 Å². The van der Waals surface area contributed by atoms with Gasteiger partial charge in [-0.25, -0.2) is 9.67 Å². The summed E-state index contributed by atoms with van der Waals surface area (Å²) in [5.74, 6) is 0.170. The standard InChI is InChI=1S/C16H22N4O/c1-4-9-19(10-5-2)16(21)15-17-12-20(18-15)14-8-6-7-13(3)11-14/h6-8,11-12H,4-5,9-10H2,1-3H3. The van der Waals surface area contributed by atoms with E-state index in [-0.39, 0.29) is 11.7 Å². The van der Waals surface area contributed by atoms with E-state index in [4.69, 9.17) is 0 Å². The van der Waals surface area contributed by atoms with Gasteiger partial charge in [-0.15, -0.1) is 5.10 Å².